The predicted octanol–water partition coefficient (Wildman–Crippen LogP) is 5.20. The molecule has 0 bridgehead atoms. The quantitative estimate of drug-likeness (QED) is 0.334. The molecule has 7 nitrogen and oxygen atoms in total. The second kappa shape index (κ2) is 9.87. The molecule has 0 spiro atoms. The molecule has 0 aliphatic rings. The summed E-state index contributed by atoms with van der Waals surface area (Å²) in [5, 5.41) is 14.5. The standard InChI is InChI=1S/C27H23N3O4S/c1-19-9-12-23(13-10-19)35(31,32)24(17-28)15-21-18-30(22-7-5-4-6-8-22)29-27(21)20-11-14-25(33-2)26(16-20)34-3/h4-16,18H,1-3H3/b24-15+. The van der Waals surface area contributed by atoms with Gasteiger partial charge in [0, 0.05) is 17.3 Å². The van der Waals surface area contributed by atoms with E-state index in [0.717, 1.165) is 11.3 Å². The van der Waals surface area contributed by atoms with E-state index in [0.29, 0.717) is 28.3 Å². The molecule has 0 unspecified atom stereocenters. The summed E-state index contributed by atoms with van der Waals surface area (Å²) in [5.41, 5.74) is 3.34. The van der Waals surface area contributed by atoms with Gasteiger partial charge in [-0.2, -0.15) is 10.4 Å². The molecule has 4 rings (SSSR count). The van der Waals surface area contributed by atoms with Gasteiger partial charge in [-0.1, -0.05) is 35.9 Å². The van der Waals surface area contributed by atoms with E-state index in [-0.39, 0.29) is 9.80 Å². The molecule has 176 valence electrons. The summed E-state index contributed by atoms with van der Waals surface area (Å²) in [6.45, 7) is 1.87. The number of hydrogen-bond donors (Lipinski definition) is 0. The maximum Gasteiger partial charge on any atom is 0.216 e. The fourth-order valence-electron chi connectivity index (χ4n) is 3.57. The molecule has 0 atom stereocenters. The summed E-state index contributed by atoms with van der Waals surface area (Å²) in [4.78, 5) is -0.324. The third kappa shape index (κ3) is 4.81. The maximum absolute atomic E-state index is 13.2. The highest BCUT2D eigenvalue weighted by Crippen LogP contribution is 2.34. The van der Waals surface area contributed by atoms with Crippen molar-refractivity contribution in [2.24, 2.45) is 0 Å². The Morgan fingerprint density at radius 3 is 2.29 bits per heavy atom. The summed E-state index contributed by atoms with van der Waals surface area (Å²) >= 11 is 0. The summed E-state index contributed by atoms with van der Waals surface area (Å²) in [6, 6.07) is 23.0. The van der Waals surface area contributed by atoms with Crippen molar-refractivity contribution in [1.29, 1.82) is 5.26 Å². The lowest BCUT2D eigenvalue weighted by molar-refractivity contribution is 0.355. The second-order valence-electron chi connectivity index (χ2n) is 7.72. The first kappa shape index (κ1) is 23.8. The van der Waals surface area contributed by atoms with Crippen molar-refractivity contribution >= 4 is 15.9 Å². The number of allylic oxidation sites excluding steroid dienone is 1. The normalized spacial score (nSPS) is 11.7. The van der Waals surface area contributed by atoms with Gasteiger partial charge in [0.2, 0.25) is 9.84 Å². The highest BCUT2D eigenvalue weighted by molar-refractivity contribution is 7.95. The van der Waals surface area contributed by atoms with E-state index in [4.69, 9.17) is 14.6 Å². The first-order chi connectivity index (χ1) is 16.9. The van der Waals surface area contributed by atoms with Crippen LogP contribution in [-0.2, 0) is 9.84 Å². The van der Waals surface area contributed by atoms with Gasteiger partial charge >= 0.3 is 0 Å². The molecule has 1 heterocycles. The van der Waals surface area contributed by atoms with Crippen molar-refractivity contribution in [2.45, 2.75) is 11.8 Å². The van der Waals surface area contributed by atoms with Gasteiger partial charge < -0.3 is 9.47 Å². The van der Waals surface area contributed by atoms with E-state index >= 15 is 0 Å². The molecule has 0 fully saturated rings. The molecule has 35 heavy (non-hydrogen) atoms. The van der Waals surface area contributed by atoms with Crippen LogP contribution in [0.2, 0.25) is 0 Å². The zero-order valence-corrected chi connectivity index (χ0v) is 20.3. The van der Waals surface area contributed by atoms with E-state index in [2.05, 4.69) is 0 Å². The maximum atomic E-state index is 13.2. The Labute approximate surface area is 204 Å². The van der Waals surface area contributed by atoms with Crippen molar-refractivity contribution < 1.29 is 17.9 Å². The zero-order chi connectivity index (χ0) is 25.0. The van der Waals surface area contributed by atoms with E-state index < -0.39 is 9.84 Å². The summed E-state index contributed by atoms with van der Waals surface area (Å²) in [7, 11) is -0.944. The Kier molecular flexibility index (Phi) is 6.71. The number of aryl methyl sites for hydroxylation is 1. The van der Waals surface area contributed by atoms with Crippen LogP contribution in [0.4, 0.5) is 0 Å². The average molecular weight is 486 g/mol. The number of rotatable bonds is 7. The number of para-hydroxylation sites is 1. The Morgan fingerprint density at radius 1 is 0.971 bits per heavy atom. The minimum Gasteiger partial charge on any atom is -0.493 e. The number of sulfone groups is 1. The number of nitriles is 1. The fourth-order valence-corrected chi connectivity index (χ4v) is 4.72. The monoisotopic (exact) mass is 485 g/mol. The van der Waals surface area contributed by atoms with Crippen molar-refractivity contribution in [3.05, 3.63) is 95.0 Å². The van der Waals surface area contributed by atoms with Gasteiger partial charge in [0.15, 0.2) is 11.5 Å². The average Bonchev–Trinajstić information content (AvgIpc) is 3.31. The van der Waals surface area contributed by atoms with Crippen LogP contribution >= 0.6 is 0 Å². The van der Waals surface area contributed by atoms with Crippen molar-refractivity contribution in [2.75, 3.05) is 14.2 Å². The van der Waals surface area contributed by atoms with Crippen molar-refractivity contribution in [3.63, 3.8) is 0 Å². The molecule has 0 N–H and O–H groups in total. The van der Waals surface area contributed by atoms with Gasteiger partial charge in [-0.05, 0) is 55.5 Å². The zero-order valence-electron chi connectivity index (χ0n) is 19.5. The van der Waals surface area contributed by atoms with Gasteiger partial charge in [-0.3, -0.25) is 0 Å². The Hall–Kier alpha value is -4.35. The van der Waals surface area contributed by atoms with Gasteiger partial charge in [-0.15, -0.1) is 0 Å². The number of methoxy groups -OCH3 is 2. The van der Waals surface area contributed by atoms with E-state index in [1.165, 1.54) is 25.3 Å². The lowest BCUT2D eigenvalue weighted by Gasteiger charge is -2.09. The van der Waals surface area contributed by atoms with Crippen LogP contribution < -0.4 is 9.47 Å². The van der Waals surface area contributed by atoms with Crippen LogP contribution in [0.15, 0.2) is 88.8 Å². The Bertz CT molecular complexity index is 1530. The van der Waals surface area contributed by atoms with Gasteiger partial charge in [0.05, 0.1) is 24.8 Å². The van der Waals surface area contributed by atoms with Crippen LogP contribution in [0.5, 0.6) is 11.5 Å². The van der Waals surface area contributed by atoms with Gasteiger partial charge in [0.25, 0.3) is 0 Å². The highest BCUT2D eigenvalue weighted by atomic mass is 32.2. The molecule has 0 saturated carbocycles. The molecule has 0 amide bonds. The molecule has 8 heteroatoms. The number of ether oxygens (including phenoxy) is 2. The van der Waals surface area contributed by atoms with Gasteiger partial charge in [-0.25, -0.2) is 13.1 Å². The summed E-state index contributed by atoms with van der Waals surface area (Å²) in [6.07, 6.45) is 3.05. The SMILES string of the molecule is COc1ccc(-c2nn(-c3ccccc3)cc2/C=C(\C#N)S(=O)(=O)c2ccc(C)cc2)cc1OC. The lowest BCUT2D eigenvalue weighted by atomic mass is 10.1. The summed E-state index contributed by atoms with van der Waals surface area (Å²) < 4.78 is 38.9. The number of nitrogens with zero attached hydrogens (tertiary/aromatic N) is 3. The molecule has 3 aromatic carbocycles. The largest absolute Gasteiger partial charge is 0.493 e. The number of hydrogen-bond acceptors (Lipinski definition) is 6. The molecule has 0 aliphatic carbocycles. The first-order valence-electron chi connectivity index (χ1n) is 10.7. The minimum atomic E-state index is -4.03. The first-order valence-corrected chi connectivity index (χ1v) is 12.2. The minimum absolute atomic E-state index is 0.0546. The van der Waals surface area contributed by atoms with Gasteiger partial charge in [0.1, 0.15) is 16.7 Å². The topological polar surface area (TPSA) is 94.2 Å². The van der Waals surface area contributed by atoms with Crippen LogP contribution in [0, 0.1) is 18.3 Å². The molecular formula is C27H23N3O4S. The van der Waals surface area contributed by atoms with Crippen molar-refractivity contribution in [1.82, 2.24) is 9.78 Å². The third-order valence-corrected chi connectivity index (χ3v) is 7.12. The van der Waals surface area contributed by atoms with Crippen molar-refractivity contribution in [3.8, 4) is 34.5 Å². The van der Waals surface area contributed by atoms with E-state index in [1.807, 2.05) is 43.3 Å². The molecule has 1 aromatic heterocycles. The molecule has 0 radical (unpaired) electrons. The third-order valence-electron chi connectivity index (χ3n) is 5.44. The van der Waals surface area contributed by atoms with Crippen LogP contribution in [0.25, 0.3) is 23.0 Å². The Balaban J connectivity index is 1.90. The smallest absolute Gasteiger partial charge is 0.216 e. The lowest BCUT2D eigenvalue weighted by Crippen LogP contribution is -2.03. The van der Waals surface area contributed by atoms with Crippen LogP contribution in [-0.4, -0.2) is 32.4 Å². The molecule has 0 saturated heterocycles. The second-order valence-corrected chi connectivity index (χ2v) is 9.64. The van der Waals surface area contributed by atoms with Crippen LogP contribution in [0.1, 0.15) is 11.1 Å². The predicted molar refractivity (Wildman–Crippen MR) is 134 cm³/mol. The molecular weight excluding hydrogens is 462 g/mol. The van der Waals surface area contributed by atoms with Crippen LogP contribution in [0.3, 0.4) is 0 Å². The fraction of sp³-hybridized carbons (Fsp3) is 0.111. The summed E-state index contributed by atoms with van der Waals surface area (Å²) in [5.74, 6) is 1.05. The molecule has 0 aliphatic heterocycles. The van der Waals surface area contributed by atoms with E-state index in [9.17, 15) is 13.7 Å². The number of benzene rings is 3. The van der Waals surface area contributed by atoms with E-state index in [1.54, 1.807) is 48.3 Å². The molecule has 4 aromatic rings. The number of aromatic nitrogens is 2. The Morgan fingerprint density at radius 2 is 1.66 bits per heavy atom. The highest BCUT2D eigenvalue weighted by Gasteiger charge is 2.23.